The molecule has 10 aromatic rings. The van der Waals surface area contributed by atoms with Gasteiger partial charge in [0, 0.05) is 20.4 Å². The molecular formula is C70H79Cl5N4O2P2Pd2S2Sn. The number of hydrogen-bond donors (Lipinski definition) is 0. The molecular weight excluding hydrogens is 1560 g/mol. The summed E-state index contributed by atoms with van der Waals surface area (Å²) in [5.41, 5.74) is 4.59. The molecule has 18 heteroatoms. The number of halogens is 5. The van der Waals surface area contributed by atoms with Gasteiger partial charge in [0.25, 0.3) is 0 Å². The van der Waals surface area contributed by atoms with Crippen LogP contribution in [0.25, 0.3) is 26.2 Å². The Hall–Kier alpha value is -3.09. The van der Waals surface area contributed by atoms with Crippen LogP contribution in [0.15, 0.2) is 210 Å². The van der Waals surface area contributed by atoms with Gasteiger partial charge in [-0.1, -0.05) is 200 Å². The summed E-state index contributed by atoms with van der Waals surface area (Å²) >= 11 is 18.1. The molecule has 0 radical (unpaired) electrons. The van der Waals surface area contributed by atoms with Gasteiger partial charge in [-0.15, -0.1) is 22.7 Å². The van der Waals surface area contributed by atoms with Crippen molar-refractivity contribution in [2.45, 2.75) is 100 Å². The number of ether oxygens (including phenoxy) is 2. The zero-order valence-electron chi connectivity index (χ0n) is 51.0. The molecule has 0 aliphatic rings. The van der Waals surface area contributed by atoms with Gasteiger partial charge >= 0.3 is 155 Å². The summed E-state index contributed by atoms with van der Waals surface area (Å²) in [4.78, 5) is 16.3. The summed E-state index contributed by atoms with van der Waals surface area (Å²) in [7, 11) is 8.74. The van der Waals surface area contributed by atoms with Crippen LogP contribution in [-0.2, 0) is 45.8 Å². The van der Waals surface area contributed by atoms with Crippen molar-refractivity contribution in [1.82, 2.24) is 19.9 Å². The molecule has 0 aliphatic carbocycles. The molecule has 6 nitrogen and oxygen atoms in total. The van der Waals surface area contributed by atoms with Gasteiger partial charge in [-0.3, -0.25) is 0 Å². The molecule has 0 atom stereocenters. The molecule has 0 N–H and O–H groups in total. The molecule has 0 unspecified atom stereocenters. The van der Waals surface area contributed by atoms with Gasteiger partial charge in [0.1, 0.15) is 11.5 Å². The van der Waals surface area contributed by atoms with E-state index < -0.39 is 34.2 Å². The number of benzene rings is 6. The van der Waals surface area contributed by atoms with E-state index in [1.807, 2.05) is 31.5 Å². The maximum absolute atomic E-state index is 5.90. The van der Waals surface area contributed by atoms with Crippen LogP contribution in [0.2, 0.25) is 29.0 Å². The Morgan fingerprint density at radius 2 is 0.761 bits per heavy atom. The zero-order valence-corrected chi connectivity index (χ0v) is 64.2. The standard InChI is InChI=1S/2C18H15P.C11H11ClN2OS.C7H4Cl2N2S.C4H7O.3C4H9.2ClH.2Pd.Sn/c2*1-4-10-16(11-5-1)19(17-12-6-2-7-13-17)18-14-8-3-9-15-18;1-4-15-7(3)9-10-8(6(2)5-16-10)13-11(12)14-9;1-3-2-12-5-4(3)10-7(9)11-6(5)8;1-3-5-4-2;3*1-3-4-2;;;;;/h2*1-15H;5H,3-4H2,1-2H3;2H,1H3;1,4H2,2H3;3*1,3-4H2,2H3;2*1H;;;/q;;;;;;;;;;;+2;/p-2. The smallest absolute Gasteiger partial charge is 0 e. The van der Waals surface area contributed by atoms with Gasteiger partial charge in [0.15, 0.2) is 5.15 Å². The van der Waals surface area contributed by atoms with Crippen molar-refractivity contribution in [2.24, 2.45) is 0 Å². The predicted molar refractivity (Wildman–Crippen MR) is 388 cm³/mol. The van der Waals surface area contributed by atoms with Crippen molar-refractivity contribution in [3.05, 3.63) is 242 Å². The fraction of sp³-hybridized carbons (Fsp3) is 0.257. The number of fused-ring (bicyclic) bond motifs is 2. The van der Waals surface area contributed by atoms with Crippen LogP contribution in [0.4, 0.5) is 0 Å². The SMILES string of the molecule is C=C(OCC)c1nc(Cl)nc2c(C)csc12.C=[C](OCC)[Sn]([CH2]CCC)([CH2]CCC)[CH2]CCC.Cc1csc2c(Cl)nc(Cl)nc12.[Cl][Pd][Cl].[Pd].c1ccc(P(c2ccccc2)c2ccccc2)cc1.c1ccc(P(c2ccccc2)c2ccccc2)cc1. The number of unbranched alkanes of at least 4 members (excludes halogenated alkanes) is 3. The molecule has 10 rings (SSSR count). The van der Waals surface area contributed by atoms with Gasteiger partial charge in [0.05, 0.1) is 27.0 Å². The summed E-state index contributed by atoms with van der Waals surface area (Å²) in [6.07, 6.45) is 8.10. The first-order valence-corrected chi connectivity index (χ1v) is 46.2. The minimum absolute atomic E-state index is 0. The number of rotatable bonds is 21. The van der Waals surface area contributed by atoms with Crippen molar-refractivity contribution in [2.75, 3.05) is 13.2 Å². The maximum atomic E-state index is 5.90. The van der Waals surface area contributed by atoms with Crippen LogP contribution < -0.4 is 31.8 Å². The molecule has 0 amide bonds. The van der Waals surface area contributed by atoms with E-state index in [1.54, 1.807) is 11.3 Å². The van der Waals surface area contributed by atoms with Gasteiger partial charge < -0.3 is 4.74 Å². The second-order valence-electron chi connectivity index (χ2n) is 19.9. The fourth-order valence-electron chi connectivity index (χ4n) is 9.43. The normalized spacial score (nSPS) is 10.6. The second-order valence-corrected chi connectivity index (χ2v) is 42.6. The quantitative estimate of drug-likeness (QED) is 0.0235. The Kier molecular flexibility index (Phi) is 38.4. The monoisotopic (exact) mass is 1640 g/mol. The molecule has 472 valence electrons. The Bertz CT molecular complexity index is 3230. The summed E-state index contributed by atoms with van der Waals surface area (Å²) in [5.74, 6) is 0.540. The Balaban J connectivity index is 0.000000233. The van der Waals surface area contributed by atoms with E-state index in [4.69, 9.17) is 63.3 Å². The van der Waals surface area contributed by atoms with E-state index >= 15 is 0 Å². The van der Waals surface area contributed by atoms with Crippen molar-refractivity contribution < 1.29 is 45.8 Å². The van der Waals surface area contributed by atoms with Crippen LogP contribution >= 0.6 is 92.4 Å². The van der Waals surface area contributed by atoms with Gasteiger partial charge in [-0.2, -0.15) is 0 Å². The second kappa shape index (κ2) is 43.7. The van der Waals surface area contributed by atoms with Crippen LogP contribution in [0.1, 0.15) is 90.0 Å². The Morgan fingerprint density at radius 3 is 1.07 bits per heavy atom. The summed E-state index contributed by atoms with van der Waals surface area (Å²) in [6, 6.07) is 64.7. The maximum Gasteiger partial charge on any atom is 0 e. The number of thiophene rings is 2. The largest absolute Gasteiger partial charge is 0.0622 e. The molecule has 4 heterocycles. The third-order valence-corrected chi connectivity index (χ3v) is 36.5. The molecule has 0 aliphatic heterocycles. The van der Waals surface area contributed by atoms with E-state index in [1.165, 1.54) is 98.8 Å². The van der Waals surface area contributed by atoms with Crippen molar-refractivity contribution >= 4 is 169 Å². The predicted octanol–water partition coefficient (Wildman–Crippen LogP) is 21.2. The number of nitrogens with zero attached hydrogens (tertiary/aromatic N) is 4. The third kappa shape index (κ3) is 24.8. The molecule has 0 spiro atoms. The first kappa shape index (κ1) is 77.4. The van der Waals surface area contributed by atoms with Crippen molar-refractivity contribution in [3.8, 4) is 0 Å². The number of hydrogen-bond acceptors (Lipinski definition) is 8. The fourth-order valence-corrected chi connectivity index (χ4v) is 31.2. The Morgan fingerprint density at radius 1 is 0.466 bits per heavy atom. The van der Waals surface area contributed by atoms with E-state index in [0.717, 1.165) is 38.2 Å². The first-order valence-electron chi connectivity index (χ1n) is 29.1. The third-order valence-electron chi connectivity index (χ3n) is 13.7. The van der Waals surface area contributed by atoms with Crippen LogP contribution in [-0.4, -0.2) is 51.5 Å². The molecule has 0 saturated carbocycles. The van der Waals surface area contributed by atoms with Crippen molar-refractivity contribution in [1.29, 1.82) is 0 Å². The number of aromatic nitrogens is 4. The summed E-state index contributed by atoms with van der Waals surface area (Å²) < 4.78 is 18.8. The first-order chi connectivity index (χ1) is 42.3. The molecule has 0 bridgehead atoms. The van der Waals surface area contributed by atoms with E-state index in [9.17, 15) is 0 Å². The van der Waals surface area contributed by atoms with Gasteiger partial charge in [-0.05, 0) is 114 Å². The average molecular weight is 1640 g/mol. The van der Waals surface area contributed by atoms with Crippen molar-refractivity contribution in [3.63, 3.8) is 0 Å². The summed E-state index contributed by atoms with van der Waals surface area (Å²) in [6.45, 7) is 24.5. The van der Waals surface area contributed by atoms with Crippen LogP contribution in [0.3, 0.4) is 0 Å². The van der Waals surface area contributed by atoms with Gasteiger partial charge in [-0.25, -0.2) is 19.9 Å². The Labute approximate surface area is 583 Å². The van der Waals surface area contributed by atoms with E-state index in [-0.39, 0.29) is 46.9 Å². The molecule has 6 aromatic carbocycles. The van der Waals surface area contributed by atoms with E-state index in [2.05, 4.69) is 243 Å². The zero-order chi connectivity index (χ0) is 62.8. The van der Waals surface area contributed by atoms with Crippen LogP contribution in [0, 0.1) is 13.8 Å². The van der Waals surface area contributed by atoms with Gasteiger partial charge in [0.2, 0.25) is 10.6 Å². The molecule has 4 aromatic heterocycles. The minimum atomic E-state index is -2.24. The van der Waals surface area contributed by atoms with Crippen LogP contribution in [0.5, 0.6) is 0 Å². The molecule has 0 fully saturated rings. The number of aryl methyl sites for hydroxylation is 2. The average Bonchev–Trinajstić information content (AvgIpc) is 2.66. The van der Waals surface area contributed by atoms with E-state index in [0.29, 0.717) is 23.2 Å². The molecule has 0 saturated heterocycles. The summed E-state index contributed by atoms with van der Waals surface area (Å²) in [5, 5.41) is 13.3. The topological polar surface area (TPSA) is 70.0 Å². The minimum Gasteiger partial charge on any atom is -0.0622 e. The molecule has 88 heavy (non-hydrogen) atoms.